The second kappa shape index (κ2) is 9.61. The van der Waals surface area contributed by atoms with Crippen molar-refractivity contribution in [1.29, 1.82) is 0 Å². The van der Waals surface area contributed by atoms with Gasteiger partial charge in [-0.2, -0.15) is 9.97 Å². The van der Waals surface area contributed by atoms with Gasteiger partial charge in [-0.05, 0) is 38.0 Å². The van der Waals surface area contributed by atoms with Crippen molar-refractivity contribution in [2.75, 3.05) is 0 Å². The third kappa shape index (κ3) is 5.25. The Labute approximate surface area is 193 Å². The molecule has 0 aliphatic heterocycles. The van der Waals surface area contributed by atoms with E-state index in [0.717, 1.165) is 51.4 Å². The van der Waals surface area contributed by atoms with E-state index in [2.05, 4.69) is 30.9 Å². The summed E-state index contributed by atoms with van der Waals surface area (Å²) < 4.78 is 10.3. The lowest BCUT2D eigenvalue weighted by Crippen LogP contribution is -2.45. The molecule has 2 N–H and O–H groups in total. The first-order chi connectivity index (χ1) is 15.8. The number of nitrogens with zero attached hydrogens (tertiary/aromatic N) is 4. The second-order valence-electron chi connectivity index (χ2n) is 9.80. The molecule has 0 radical (unpaired) electrons. The summed E-state index contributed by atoms with van der Waals surface area (Å²) in [5.74, 6) is 2.12. The van der Waals surface area contributed by atoms with Gasteiger partial charge in [0.2, 0.25) is 23.6 Å². The summed E-state index contributed by atoms with van der Waals surface area (Å²) in [6.07, 6.45) is 8.64. The molecule has 0 spiro atoms. The molecule has 180 valence electrons. The van der Waals surface area contributed by atoms with Gasteiger partial charge in [-0.3, -0.25) is 9.59 Å². The maximum absolute atomic E-state index is 12.8. The fraction of sp³-hybridized carbons (Fsp3) is 0.739. The van der Waals surface area contributed by atoms with E-state index < -0.39 is 11.1 Å². The minimum Gasteiger partial charge on any atom is -0.343 e. The minimum absolute atomic E-state index is 0.0400. The van der Waals surface area contributed by atoms with Crippen LogP contribution in [0, 0.1) is 19.8 Å². The summed E-state index contributed by atoms with van der Waals surface area (Å²) >= 11 is 0. The van der Waals surface area contributed by atoms with Gasteiger partial charge >= 0.3 is 0 Å². The topological polar surface area (TPSA) is 136 Å². The molecule has 2 fully saturated rings. The molecule has 1 unspecified atom stereocenters. The van der Waals surface area contributed by atoms with Crippen molar-refractivity contribution < 1.29 is 18.6 Å². The molecule has 2 aliphatic carbocycles. The molecule has 2 aromatic heterocycles. The Hall–Kier alpha value is -2.78. The molecule has 2 heterocycles. The highest BCUT2D eigenvalue weighted by Gasteiger charge is 2.42. The zero-order chi connectivity index (χ0) is 23.5. The Morgan fingerprint density at radius 2 is 1.30 bits per heavy atom. The fourth-order valence-electron chi connectivity index (χ4n) is 5.20. The molecule has 4 rings (SSSR count). The van der Waals surface area contributed by atoms with Crippen LogP contribution in [0.5, 0.6) is 0 Å². The Balaban J connectivity index is 1.28. The van der Waals surface area contributed by atoms with Crippen LogP contribution in [0.15, 0.2) is 9.05 Å². The number of amides is 2. The molecule has 33 heavy (non-hydrogen) atoms. The molecule has 10 heteroatoms. The van der Waals surface area contributed by atoms with Crippen LogP contribution in [0.2, 0.25) is 0 Å². The highest BCUT2D eigenvalue weighted by Crippen LogP contribution is 2.38. The van der Waals surface area contributed by atoms with Crippen molar-refractivity contribution in [1.82, 2.24) is 30.9 Å². The number of carbonyl (C=O) groups is 2. The van der Waals surface area contributed by atoms with E-state index in [4.69, 9.17) is 9.05 Å². The molecule has 0 saturated heterocycles. The third-order valence-electron chi connectivity index (χ3n) is 6.98. The molecule has 0 aromatic carbocycles. The summed E-state index contributed by atoms with van der Waals surface area (Å²) in [6.45, 7) is 5.51. The number of nitrogens with one attached hydrogen (secondary N) is 2. The van der Waals surface area contributed by atoms with Crippen molar-refractivity contribution in [3.05, 3.63) is 23.4 Å². The Morgan fingerprint density at radius 3 is 1.73 bits per heavy atom. The largest absolute Gasteiger partial charge is 0.343 e. The summed E-state index contributed by atoms with van der Waals surface area (Å²) in [6, 6.07) is 0. The Kier molecular flexibility index (Phi) is 6.81. The zero-order valence-corrected chi connectivity index (χ0v) is 19.8. The van der Waals surface area contributed by atoms with Crippen LogP contribution in [-0.4, -0.2) is 32.1 Å². The van der Waals surface area contributed by atoms with Crippen molar-refractivity contribution in [2.24, 2.45) is 5.92 Å². The maximum atomic E-state index is 12.8. The summed E-state index contributed by atoms with van der Waals surface area (Å²) in [5, 5.41) is 14.5. The average Bonchev–Trinajstić information content (AvgIpc) is 3.55. The van der Waals surface area contributed by atoms with Crippen LogP contribution in [-0.2, 0) is 20.7 Å². The van der Waals surface area contributed by atoms with Gasteiger partial charge < -0.3 is 19.7 Å². The number of hydrogen-bond acceptors (Lipinski definition) is 8. The van der Waals surface area contributed by atoms with Crippen LogP contribution in [0.1, 0.15) is 101 Å². The number of aryl methyl sites for hydroxylation is 2. The molecular weight excluding hydrogens is 424 g/mol. The van der Waals surface area contributed by atoms with E-state index in [9.17, 15) is 9.59 Å². The van der Waals surface area contributed by atoms with Gasteiger partial charge in [-0.25, -0.2) is 0 Å². The van der Waals surface area contributed by atoms with Crippen LogP contribution in [0.25, 0.3) is 0 Å². The minimum atomic E-state index is -0.538. The standard InChI is InChI=1S/C23H34N6O4/c1-15(14-19(31)27-23(12-6-7-13-23)21-25-17(3)33-29-21)8-9-18(30)26-22(10-4-5-11-22)20-24-16(2)32-28-20/h15H,4-14H2,1-3H3,(H,26,30)(H,27,31). The van der Waals surface area contributed by atoms with Crippen molar-refractivity contribution in [3.8, 4) is 0 Å². The highest BCUT2D eigenvalue weighted by atomic mass is 16.5. The van der Waals surface area contributed by atoms with Crippen LogP contribution in [0.4, 0.5) is 0 Å². The van der Waals surface area contributed by atoms with Crippen LogP contribution in [0.3, 0.4) is 0 Å². The van der Waals surface area contributed by atoms with Crippen LogP contribution >= 0.6 is 0 Å². The van der Waals surface area contributed by atoms with Gasteiger partial charge in [0.15, 0.2) is 11.6 Å². The summed E-state index contributed by atoms with van der Waals surface area (Å²) in [4.78, 5) is 34.3. The van der Waals surface area contributed by atoms with Crippen LogP contribution < -0.4 is 10.6 Å². The molecule has 2 aliphatic rings. The van der Waals surface area contributed by atoms with Crippen molar-refractivity contribution in [2.45, 2.75) is 102 Å². The second-order valence-corrected chi connectivity index (χ2v) is 9.80. The van der Waals surface area contributed by atoms with Gasteiger partial charge in [-0.15, -0.1) is 0 Å². The van der Waals surface area contributed by atoms with Gasteiger partial charge in [-0.1, -0.05) is 42.9 Å². The first kappa shape index (κ1) is 23.4. The SMILES string of the molecule is Cc1nc(C2(NC(=O)CCC(C)CC(=O)NC3(c4noc(C)n4)CCCC3)CCCC2)no1. The first-order valence-corrected chi connectivity index (χ1v) is 12.0. The van der Waals surface area contributed by atoms with Crippen molar-refractivity contribution in [3.63, 3.8) is 0 Å². The molecule has 10 nitrogen and oxygen atoms in total. The smallest absolute Gasteiger partial charge is 0.223 e. The van der Waals surface area contributed by atoms with E-state index in [-0.39, 0.29) is 17.7 Å². The number of rotatable bonds is 9. The zero-order valence-electron chi connectivity index (χ0n) is 19.8. The quantitative estimate of drug-likeness (QED) is 0.584. The van der Waals surface area contributed by atoms with E-state index in [1.165, 1.54) is 0 Å². The predicted octanol–water partition coefficient (Wildman–Crippen LogP) is 3.35. The Morgan fingerprint density at radius 1 is 0.848 bits per heavy atom. The summed E-state index contributed by atoms with van der Waals surface area (Å²) in [5.41, 5.74) is -1.07. The number of carbonyl (C=O) groups excluding carboxylic acids is 2. The van der Waals surface area contributed by atoms with Gasteiger partial charge in [0.1, 0.15) is 11.1 Å². The lowest BCUT2D eigenvalue weighted by atomic mass is 9.94. The predicted molar refractivity (Wildman–Crippen MR) is 118 cm³/mol. The average molecular weight is 459 g/mol. The molecular formula is C23H34N6O4. The monoisotopic (exact) mass is 458 g/mol. The van der Waals surface area contributed by atoms with E-state index in [1.54, 1.807) is 13.8 Å². The number of hydrogen-bond donors (Lipinski definition) is 2. The highest BCUT2D eigenvalue weighted by molar-refractivity contribution is 5.78. The maximum Gasteiger partial charge on any atom is 0.223 e. The van der Waals surface area contributed by atoms with Gasteiger partial charge in [0.25, 0.3) is 0 Å². The fourth-order valence-corrected chi connectivity index (χ4v) is 5.20. The Bertz CT molecular complexity index is 971. The normalized spacial score (nSPS) is 20.0. The van der Waals surface area contributed by atoms with Crippen molar-refractivity contribution >= 4 is 11.8 Å². The lowest BCUT2D eigenvalue weighted by molar-refractivity contribution is -0.126. The van der Waals surface area contributed by atoms with E-state index >= 15 is 0 Å². The molecule has 2 saturated carbocycles. The summed E-state index contributed by atoms with van der Waals surface area (Å²) in [7, 11) is 0. The lowest BCUT2D eigenvalue weighted by Gasteiger charge is -2.28. The molecule has 2 amide bonds. The molecule has 2 aromatic rings. The van der Waals surface area contributed by atoms with Gasteiger partial charge in [0.05, 0.1) is 0 Å². The molecule has 0 bridgehead atoms. The third-order valence-corrected chi connectivity index (χ3v) is 6.98. The number of aromatic nitrogens is 4. The van der Waals surface area contributed by atoms with E-state index in [1.807, 2.05) is 6.92 Å². The van der Waals surface area contributed by atoms with E-state index in [0.29, 0.717) is 42.7 Å². The molecule has 1 atom stereocenters. The first-order valence-electron chi connectivity index (χ1n) is 12.0. The van der Waals surface area contributed by atoms with Gasteiger partial charge in [0, 0.05) is 26.7 Å².